The van der Waals surface area contributed by atoms with E-state index < -0.39 is 0 Å². The standard InChI is InChI=1S/C17H17N3OS/c1-2-10-20(12-15-9-6-11-22-15)13-16-18-19-17(21-16)14-7-4-3-5-8-14/h2-9,11H,1,10,12-13H2. The highest BCUT2D eigenvalue weighted by molar-refractivity contribution is 7.09. The summed E-state index contributed by atoms with van der Waals surface area (Å²) >= 11 is 1.75. The number of rotatable bonds is 7. The first-order chi connectivity index (χ1) is 10.8. The Bertz CT molecular complexity index is 707. The predicted molar refractivity (Wildman–Crippen MR) is 88.4 cm³/mol. The van der Waals surface area contributed by atoms with Crippen molar-refractivity contribution in [2.24, 2.45) is 0 Å². The number of hydrogen-bond donors (Lipinski definition) is 0. The molecule has 0 saturated carbocycles. The van der Waals surface area contributed by atoms with Gasteiger partial charge in [-0.2, -0.15) is 0 Å². The van der Waals surface area contributed by atoms with Crippen LogP contribution >= 0.6 is 11.3 Å². The molecule has 0 unspecified atom stereocenters. The van der Waals surface area contributed by atoms with Gasteiger partial charge in [-0.1, -0.05) is 30.3 Å². The maximum absolute atomic E-state index is 5.77. The largest absolute Gasteiger partial charge is 0.419 e. The minimum absolute atomic E-state index is 0.560. The zero-order chi connectivity index (χ0) is 15.2. The van der Waals surface area contributed by atoms with Crippen molar-refractivity contribution in [2.75, 3.05) is 6.54 Å². The third-order valence-electron chi connectivity index (χ3n) is 3.19. The molecule has 3 rings (SSSR count). The van der Waals surface area contributed by atoms with E-state index >= 15 is 0 Å². The number of aromatic nitrogens is 2. The van der Waals surface area contributed by atoms with Gasteiger partial charge in [0.05, 0.1) is 6.54 Å². The Labute approximate surface area is 133 Å². The average molecular weight is 311 g/mol. The molecule has 2 heterocycles. The van der Waals surface area contributed by atoms with Crippen LogP contribution in [0.5, 0.6) is 0 Å². The Kier molecular flexibility index (Phi) is 4.78. The molecule has 22 heavy (non-hydrogen) atoms. The minimum Gasteiger partial charge on any atom is -0.419 e. The quantitative estimate of drug-likeness (QED) is 0.619. The second-order valence-electron chi connectivity index (χ2n) is 4.90. The van der Waals surface area contributed by atoms with Crippen LogP contribution < -0.4 is 0 Å². The SMILES string of the molecule is C=CCN(Cc1nnc(-c2ccccc2)o1)Cc1cccs1. The molecule has 112 valence electrons. The van der Waals surface area contributed by atoms with E-state index in [9.17, 15) is 0 Å². The molecule has 0 bridgehead atoms. The Hall–Kier alpha value is -2.24. The van der Waals surface area contributed by atoms with Crippen molar-refractivity contribution in [3.63, 3.8) is 0 Å². The fourth-order valence-corrected chi connectivity index (χ4v) is 2.94. The van der Waals surface area contributed by atoms with Gasteiger partial charge in [-0.05, 0) is 23.6 Å². The van der Waals surface area contributed by atoms with E-state index in [0.29, 0.717) is 18.3 Å². The summed E-state index contributed by atoms with van der Waals surface area (Å²) in [5, 5.41) is 10.4. The number of thiophene rings is 1. The summed E-state index contributed by atoms with van der Waals surface area (Å²) in [4.78, 5) is 3.53. The first-order valence-corrected chi connectivity index (χ1v) is 7.96. The molecule has 3 aromatic rings. The lowest BCUT2D eigenvalue weighted by Crippen LogP contribution is -2.22. The second kappa shape index (κ2) is 7.15. The molecule has 4 nitrogen and oxygen atoms in total. The third-order valence-corrected chi connectivity index (χ3v) is 4.05. The molecule has 0 aliphatic carbocycles. The molecular weight excluding hydrogens is 294 g/mol. The van der Waals surface area contributed by atoms with Crippen LogP contribution in [0.1, 0.15) is 10.8 Å². The summed E-state index contributed by atoms with van der Waals surface area (Å²) in [6.07, 6.45) is 1.89. The van der Waals surface area contributed by atoms with Gasteiger partial charge in [-0.3, -0.25) is 4.90 Å². The molecule has 0 aliphatic rings. The molecular formula is C17H17N3OS. The van der Waals surface area contributed by atoms with Crippen molar-refractivity contribution in [1.29, 1.82) is 0 Å². The monoisotopic (exact) mass is 311 g/mol. The van der Waals surface area contributed by atoms with E-state index in [1.54, 1.807) is 11.3 Å². The van der Waals surface area contributed by atoms with Crippen LogP contribution in [0.2, 0.25) is 0 Å². The van der Waals surface area contributed by atoms with Crippen LogP contribution in [-0.4, -0.2) is 21.6 Å². The van der Waals surface area contributed by atoms with Gasteiger partial charge in [-0.15, -0.1) is 28.1 Å². The Morgan fingerprint density at radius 2 is 1.95 bits per heavy atom. The molecule has 0 saturated heterocycles. The van der Waals surface area contributed by atoms with E-state index in [-0.39, 0.29) is 0 Å². The summed E-state index contributed by atoms with van der Waals surface area (Å²) in [5.41, 5.74) is 0.940. The highest BCUT2D eigenvalue weighted by Crippen LogP contribution is 2.19. The van der Waals surface area contributed by atoms with Gasteiger partial charge < -0.3 is 4.42 Å². The number of nitrogens with zero attached hydrogens (tertiary/aromatic N) is 3. The Morgan fingerprint density at radius 3 is 2.68 bits per heavy atom. The van der Waals surface area contributed by atoms with Crippen molar-refractivity contribution in [2.45, 2.75) is 13.1 Å². The lowest BCUT2D eigenvalue weighted by molar-refractivity contribution is 0.258. The number of benzene rings is 1. The topological polar surface area (TPSA) is 42.2 Å². The fourth-order valence-electron chi connectivity index (χ4n) is 2.20. The normalized spacial score (nSPS) is 11.0. The van der Waals surface area contributed by atoms with Gasteiger partial charge in [0.1, 0.15) is 0 Å². The molecule has 0 aliphatic heterocycles. The summed E-state index contributed by atoms with van der Waals surface area (Å²) in [7, 11) is 0. The molecule has 2 aromatic heterocycles. The van der Waals surface area contributed by atoms with Crippen LogP contribution in [0.15, 0.2) is 64.9 Å². The lowest BCUT2D eigenvalue weighted by atomic mass is 10.2. The zero-order valence-corrected chi connectivity index (χ0v) is 13.0. The maximum atomic E-state index is 5.77. The summed E-state index contributed by atoms with van der Waals surface area (Å²) in [5.74, 6) is 1.18. The predicted octanol–water partition coefficient (Wildman–Crippen LogP) is 3.99. The number of hydrogen-bond acceptors (Lipinski definition) is 5. The van der Waals surface area contributed by atoms with Gasteiger partial charge in [-0.25, -0.2) is 0 Å². The zero-order valence-electron chi connectivity index (χ0n) is 12.2. The average Bonchev–Trinajstić information content (AvgIpc) is 3.20. The van der Waals surface area contributed by atoms with E-state index in [1.165, 1.54) is 4.88 Å². The molecule has 0 radical (unpaired) electrons. The van der Waals surface area contributed by atoms with E-state index in [2.05, 4.69) is 39.2 Å². The highest BCUT2D eigenvalue weighted by Gasteiger charge is 2.12. The van der Waals surface area contributed by atoms with Crippen LogP contribution in [0, 0.1) is 0 Å². The van der Waals surface area contributed by atoms with Crippen molar-refractivity contribution in [3.8, 4) is 11.5 Å². The first-order valence-electron chi connectivity index (χ1n) is 7.08. The first kappa shape index (κ1) is 14.7. The van der Waals surface area contributed by atoms with Crippen molar-refractivity contribution in [3.05, 3.63) is 71.3 Å². The van der Waals surface area contributed by atoms with Gasteiger partial charge in [0.2, 0.25) is 11.8 Å². The van der Waals surface area contributed by atoms with Crippen molar-refractivity contribution in [1.82, 2.24) is 15.1 Å². The van der Waals surface area contributed by atoms with Crippen LogP contribution in [-0.2, 0) is 13.1 Å². The lowest BCUT2D eigenvalue weighted by Gasteiger charge is -2.17. The Morgan fingerprint density at radius 1 is 1.09 bits per heavy atom. The van der Waals surface area contributed by atoms with Gasteiger partial charge >= 0.3 is 0 Å². The van der Waals surface area contributed by atoms with E-state index in [1.807, 2.05) is 36.4 Å². The molecule has 5 heteroatoms. The van der Waals surface area contributed by atoms with Gasteiger partial charge in [0.25, 0.3) is 0 Å². The second-order valence-corrected chi connectivity index (χ2v) is 5.94. The molecule has 0 atom stereocenters. The van der Waals surface area contributed by atoms with Gasteiger partial charge in [0.15, 0.2) is 0 Å². The molecule has 0 fully saturated rings. The minimum atomic E-state index is 0.560. The summed E-state index contributed by atoms with van der Waals surface area (Å²) < 4.78 is 5.77. The summed E-state index contributed by atoms with van der Waals surface area (Å²) in [6, 6.07) is 14.0. The van der Waals surface area contributed by atoms with Crippen LogP contribution in [0.25, 0.3) is 11.5 Å². The third kappa shape index (κ3) is 3.69. The highest BCUT2D eigenvalue weighted by atomic mass is 32.1. The smallest absolute Gasteiger partial charge is 0.247 e. The van der Waals surface area contributed by atoms with Gasteiger partial charge in [0, 0.05) is 23.5 Å². The van der Waals surface area contributed by atoms with Crippen molar-refractivity contribution >= 4 is 11.3 Å². The molecule has 0 N–H and O–H groups in total. The van der Waals surface area contributed by atoms with E-state index in [4.69, 9.17) is 4.42 Å². The maximum Gasteiger partial charge on any atom is 0.247 e. The molecule has 0 amide bonds. The fraction of sp³-hybridized carbons (Fsp3) is 0.176. The van der Waals surface area contributed by atoms with Crippen LogP contribution in [0.4, 0.5) is 0 Å². The summed E-state index contributed by atoms with van der Waals surface area (Å²) in [6.45, 7) is 6.07. The van der Waals surface area contributed by atoms with Crippen molar-refractivity contribution < 1.29 is 4.42 Å². The van der Waals surface area contributed by atoms with E-state index in [0.717, 1.165) is 18.7 Å². The van der Waals surface area contributed by atoms with Crippen LogP contribution in [0.3, 0.4) is 0 Å². The Balaban J connectivity index is 1.70. The molecule has 0 spiro atoms. The molecule has 1 aromatic carbocycles.